The lowest BCUT2D eigenvalue weighted by atomic mass is 10.1. The number of halogens is 3. The van der Waals surface area contributed by atoms with Crippen LogP contribution in [0.4, 0.5) is 24.5 Å². The van der Waals surface area contributed by atoms with Crippen molar-refractivity contribution >= 4 is 17.3 Å². The highest BCUT2D eigenvalue weighted by atomic mass is 19.4. The molecule has 1 amide bonds. The maximum atomic E-state index is 12.9. The van der Waals surface area contributed by atoms with Gasteiger partial charge >= 0.3 is 6.18 Å². The molecule has 1 heterocycles. The van der Waals surface area contributed by atoms with Crippen molar-refractivity contribution in [3.8, 4) is 0 Å². The van der Waals surface area contributed by atoms with E-state index in [0.29, 0.717) is 19.5 Å². The summed E-state index contributed by atoms with van der Waals surface area (Å²) in [4.78, 5) is 23.8. The molecule has 2 rings (SSSR count). The largest absolute Gasteiger partial charge is 0.418 e. The van der Waals surface area contributed by atoms with Gasteiger partial charge in [0.2, 0.25) is 5.91 Å². The fourth-order valence-corrected chi connectivity index (χ4v) is 2.41. The van der Waals surface area contributed by atoms with Gasteiger partial charge in [0.15, 0.2) is 0 Å². The number of carbonyl (C=O) groups excluding carboxylic acids is 1. The Bertz CT molecular complexity index is 601. The van der Waals surface area contributed by atoms with Crippen molar-refractivity contribution in [3.63, 3.8) is 0 Å². The van der Waals surface area contributed by atoms with Crippen LogP contribution in [-0.2, 0) is 11.0 Å². The number of anilines is 1. The van der Waals surface area contributed by atoms with Crippen molar-refractivity contribution in [1.82, 2.24) is 4.90 Å². The highest BCUT2D eigenvalue weighted by molar-refractivity contribution is 5.87. The highest BCUT2D eigenvalue weighted by Gasteiger charge is 2.35. The molecule has 0 aliphatic carbocycles. The molecule has 22 heavy (non-hydrogen) atoms. The second-order valence-electron chi connectivity index (χ2n) is 4.91. The van der Waals surface area contributed by atoms with E-state index in [1.165, 1.54) is 23.1 Å². The van der Waals surface area contributed by atoms with Crippen molar-refractivity contribution in [2.75, 3.05) is 18.4 Å². The Kier molecular flexibility index (Phi) is 4.48. The summed E-state index contributed by atoms with van der Waals surface area (Å²) in [6, 6.07) is 3.14. The van der Waals surface area contributed by atoms with E-state index in [-0.39, 0.29) is 17.6 Å². The third-order valence-corrected chi connectivity index (χ3v) is 3.47. The minimum absolute atomic E-state index is 0.0164. The number of benzene rings is 1. The Morgan fingerprint density at radius 1 is 1.45 bits per heavy atom. The van der Waals surface area contributed by atoms with Crippen LogP contribution in [0.1, 0.15) is 12.0 Å². The lowest BCUT2D eigenvalue weighted by Gasteiger charge is -2.18. The van der Waals surface area contributed by atoms with Crippen LogP contribution in [0.25, 0.3) is 0 Å². The minimum Gasteiger partial charge on any atom is -0.379 e. The smallest absolute Gasteiger partial charge is 0.379 e. The number of likely N-dealkylation sites (tertiary alicyclic amines) is 1. The van der Waals surface area contributed by atoms with Crippen LogP contribution in [0, 0.1) is 4.91 Å². The predicted molar refractivity (Wildman–Crippen MR) is 75.7 cm³/mol. The summed E-state index contributed by atoms with van der Waals surface area (Å²) >= 11 is 0. The first-order valence-electron chi connectivity index (χ1n) is 6.58. The molecule has 8 heteroatoms. The summed E-state index contributed by atoms with van der Waals surface area (Å²) in [5.41, 5.74) is -1.73. The fraction of sp³-hybridized carbons (Fsp3) is 0.357. The molecule has 0 aromatic heterocycles. The predicted octanol–water partition coefficient (Wildman–Crippen LogP) is 3.30. The number of amides is 1. The number of hydrogen-bond acceptors (Lipinski definition) is 4. The first-order valence-corrected chi connectivity index (χ1v) is 6.58. The van der Waals surface area contributed by atoms with Crippen LogP contribution in [0.2, 0.25) is 0 Å². The van der Waals surface area contributed by atoms with Crippen molar-refractivity contribution in [3.05, 3.63) is 41.3 Å². The van der Waals surface area contributed by atoms with Gasteiger partial charge in [-0.15, -0.1) is 4.91 Å². The third-order valence-electron chi connectivity index (χ3n) is 3.47. The molecule has 118 valence electrons. The number of nitrogens with one attached hydrogen (secondary N) is 1. The van der Waals surface area contributed by atoms with Crippen LogP contribution in [0.5, 0.6) is 0 Å². The first kappa shape index (κ1) is 16.0. The van der Waals surface area contributed by atoms with Crippen LogP contribution < -0.4 is 5.32 Å². The summed E-state index contributed by atoms with van der Waals surface area (Å²) < 4.78 is 38.6. The van der Waals surface area contributed by atoms with E-state index < -0.39 is 17.4 Å². The number of carbonyl (C=O) groups is 1. The van der Waals surface area contributed by atoms with Gasteiger partial charge < -0.3 is 10.2 Å². The molecule has 0 saturated carbocycles. The number of nitroso groups, excluding NO2 is 1. The van der Waals surface area contributed by atoms with Crippen LogP contribution >= 0.6 is 0 Å². The fourth-order valence-electron chi connectivity index (χ4n) is 2.41. The van der Waals surface area contributed by atoms with Crippen LogP contribution in [0.3, 0.4) is 0 Å². The maximum Gasteiger partial charge on any atom is 0.418 e. The molecular weight excluding hydrogens is 299 g/mol. The Morgan fingerprint density at radius 3 is 2.77 bits per heavy atom. The van der Waals surface area contributed by atoms with E-state index in [0.717, 1.165) is 6.07 Å². The molecule has 5 nitrogen and oxygen atoms in total. The summed E-state index contributed by atoms with van der Waals surface area (Å²) in [5.74, 6) is -0.234. The van der Waals surface area contributed by atoms with E-state index >= 15 is 0 Å². The van der Waals surface area contributed by atoms with E-state index in [1.807, 2.05) is 0 Å². The number of rotatable bonds is 4. The summed E-state index contributed by atoms with van der Waals surface area (Å²) in [6.45, 7) is 4.20. The van der Waals surface area contributed by atoms with Gasteiger partial charge in [0.1, 0.15) is 5.69 Å². The van der Waals surface area contributed by atoms with Gasteiger partial charge in [-0.2, -0.15) is 13.2 Å². The minimum atomic E-state index is -4.65. The Morgan fingerprint density at radius 2 is 2.18 bits per heavy atom. The zero-order valence-corrected chi connectivity index (χ0v) is 11.6. The normalized spacial score (nSPS) is 18.1. The average Bonchev–Trinajstić information content (AvgIpc) is 2.93. The second kappa shape index (κ2) is 6.17. The molecule has 1 fully saturated rings. The van der Waals surface area contributed by atoms with E-state index in [4.69, 9.17) is 0 Å². The lowest BCUT2D eigenvalue weighted by Crippen LogP contribution is -2.30. The number of nitrogens with zero attached hydrogens (tertiary/aromatic N) is 2. The van der Waals surface area contributed by atoms with Gasteiger partial charge in [-0.3, -0.25) is 4.79 Å². The Hall–Kier alpha value is -2.38. The molecule has 1 aliphatic heterocycles. The molecular formula is C14H14F3N3O2. The van der Waals surface area contributed by atoms with Crippen molar-refractivity contribution in [1.29, 1.82) is 0 Å². The monoisotopic (exact) mass is 313 g/mol. The molecule has 0 bridgehead atoms. The zero-order valence-electron chi connectivity index (χ0n) is 11.6. The Labute approximate surface area is 124 Å². The van der Waals surface area contributed by atoms with Gasteiger partial charge in [0, 0.05) is 19.1 Å². The molecule has 1 saturated heterocycles. The summed E-state index contributed by atoms with van der Waals surface area (Å²) in [7, 11) is 0. The standard InChI is InChI=1S/C14H14F3N3O2/c1-2-12(21)20-7-6-9(8-20)18-11-5-3-4-10(13(11)19-22)14(15,16)17/h2-5,9,18H,1,6-8H2/t9-/m0/s1. The Balaban J connectivity index is 2.19. The second-order valence-corrected chi connectivity index (χ2v) is 4.91. The molecule has 1 aromatic rings. The van der Waals surface area contributed by atoms with Crippen molar-refractivity contribution in [2.45, 2.75) is 18.6 Å². The molecule has 0 radical (unpaired) electrons. The van der Waals surface area contributed by atoms with Crippen molar-refractivity contribution < 1.29 is 18.0 Å². The van der Waals surface area contributed by atoms with Gasteiger partial charge in [-0.1, -0.05) is 12.6 Å². The third kappa shape index (κ3) is 3.26. The summed E-state index contributed by atoms with van der Waals surface area (Å²) in [5, 5.41) is 5.38. The highest BCUT2D eigenvalue weighted by Crippen LogP contribution is 2.40. The van der Waals surface area contributed by atoms with E-state index in [2.05, 4.69) is 17.1 Å². The maximum absolute atomic E-state index is 12.9. The molecule has 1 atom stereocenters. The van der Waals surface area contributed by atoms with Gasteiger partial charge in [0.05, 0.1) is 11.3 Å². The van der Waals surface area contributed by atoms with Gasteiger partial charge in [0.25, 0.3) is 0 Å². The lowest BCUT2D eigenvalue weighted by molar-refractivity contribution is -0.137. The molecule has 1 aromatic carbocycles. The topological polar surface area (TPSA) is 61.8 Å². The molecule has 1 aliphatic rings. The number of alkyl halides is 3. The van der Waals surface area contributed by atoms with Gasteiger partial charge in [-0.25, -0.2) is 0 Å². The summed E-state index contributed by atoms with van der Waals surface area (Å²) in [6.07, 6.45) is -2.90. The van der Waals surface area contributed by atoms with Crippen molar-refractivity contribution in [2.24, 2.45) is 5.18 Å². The first-order chi connectivity index (χ1) is 10.4. The SMILES string of the molecule is C=CC(=O)N1CC[C@H](Nc2cccc(C(F)(F)F)c2N=O)C1. The quantitative estimate of drug-likeness (QED) is 0.685. The number of hydrogen-bond donors (Lipinski definition) is 1. The molecule has 0 unspecified atom stereocenters. The van der Waals surface area contributed by atoms with Gasteiger partial charge in [-0.05, 0) is 29.8 Å². The van der Waals surface area contributed by atoms with E-state index in [9.17, 15) is 22.9 Å². The average molecular weight is 313 g/mol. The van der Waals surface area contributed by atoms with Crippen LogP contribution in [0.15, 0.2) is 36.0 Å². The molecule has 0 spiro atoms. The van der Waals surface area contributed by atoms with Crippen LogP contribution in [-0.4, -0.2) is 29.9 Å². The van der Waals surface area contributed by atoms with E-state index in [1.54, 1.807) is 0 Å². The zero-order chi connectivity index (χ0) is 16.3. The molecule has 1 N–H and O–H groups in total.